The van der Waals surface area contributed by atoms with E-state index in [-0.39, 0.29) is 36.2 Å². The number of carbonyl (C=O) groups is 2. The molecule has 1 aliphatic carbocycles. The molecular weight excluding hydrogens is 495 g/mol. The topological polar surface area (TPSA) is 91.3 Å². The Labute approximate surface area is 242 Å². The number of benzene rings is 3. The summed E-state index contributed by atoms with van der Waals surface area (Å²) in [5.41, 5.74) is 6.33. The number of aliphatic carboxylic acids is 1. The van der Waals surface area contributed by atoms with Crippen molar-refractivity contribution in [3.8, 4) is 21.6 Å². The fourth-order valence-corrected chi connectivity index (χ4v) is 5.15. The molecule has 1 fully saturated rings. The third-order valence-corrected chi connectivity index (χ3v) is 7.76. The Morgan fingerprint density at radius 2 is 1.54 bits per heavy atom. The first-order chi connectivity index (χ1) is 17.4. The SMILES string of the molecule is Cc1ccccc1COC(=O)Nc1c(C)nsc1-c1ccc(-c2ccc(C3(C(=O)[O-])CC3)cc2)cc1.[Na+]. The quantitative estimate of drug-likeness (QED) is 0.379. The van der Waals surface area contributed by atoms with Crippen molar-refractivity contribution in [2.45, 2.75) is 38.7 Å². The Bertz CT molecular complexity index is 1430. The van der Waals surface area contributed by atoms with Gasteiger partial charge in [-0.15, -0.1) is 0 Å². The average molecular weight is 521 g/mol. The Morgan fingerprint density at radius 3 is 2.14 bits per heavy atom. The third-order valence-electron chi connectivity index (χ3n) is 6.77. The molecular formula is C29H25N2NaO4S. The molecule has 0 spiro atoms. The molecule has 37 heavy (non-hydrogen) atoms. The maximum atomic E-state index is 12.5. The van der Waals surface area contributed by atoms with E-state index in [1.807, 2.05) is 86.6 Å². The smallest absolute Gasteiger partial charge is 0.549 e. The van der Waals surface area contributed by atoms with Gasteiger partial charge in [0, 0.05) is 5.41 Å². The molecule has 0 bridgehead atoms. The van der Waals surface area contributed by atoms with Crippen LogP contribution in [0.5, 0.6) is 0 Å². The number of aromatic nitrogens is 1. The molecule has 0 radical (unpaired) electrons. The molecule has 1 N–H and O–H groups in total. The first-order valence-corrected chi connectivity index (χ1v) is 12.5. The summed E-state index contributed by atoms with van der Waals surface area (Å²) in [4.78, 5) is 24.8. The van der Waals surface area contributed by atoms with Gasteiger partial charge >= 0.3 is 35.7 Å². The van der Waals surface area contributed by atoms with Crippen LogP contribution in [-0.4, -0.2) is 16.4 Å². The zero-order valence-corrected chi connectivity index (χ0v) is 23.9. The minimum absolute atomic E-state index is 0. The summed E-state index contributed by atoms with van der Waals surface area (Å²) in [5.74, 6) is -0.997. The van der Waals surface area contributed by atoms with Crippen LogP contribution in [0.1, 0.15) is 35.2 Å². The normalized spacial score (nSPS) is 13.4. The van der Waals surface area contributed by atoms with Gasteiger partial charge in [-0.1, -0.05) is 72.8 Å². The van der Waals surface area contributed by atoms with E-state index in [2.05, 4.69) is 9.69 Å². The van der Waals surface area contributed by atoms with Gasteiger partial charge in [0.05, 0.1) is 22.2 Å². The summed E-state index contributed by atoms with van der Waals surface area (Å²) < 4.78 is 9.87. The second-order valence-electron chi connectivity index (χ2n) is 9.12. The van der Waals surface area contributed by atoms with Crippen molar-refractivity contribution in [2.24, 2.45) is 0 Å². The van der Waals surface area contributed by atoms with Crippen molar-refractivity contribution in [1.82, 2.24) is 4.37 Å². The zero-order valence-electron chi connectivity index (χ0n) is 21.0. The molecule has 5 rings (SSSR count). The van der Waals surface area contributed by atoms with Crippen molar-refractivity contribution >= 4 is 29.3 Å². The van der Waals surface area contributed by atoms with Gasteiger partial charge in [-0.05, 0) is 71.6 Å². The standard InChI is InChI=1S/C29H26N2O4S.Na/c1-18-5-3-4-6-23(18)17-35-28(34)30-25-19(2)31-36-26(25)22-9-7-20(8-10-22)21-11-13-24(14-12-21)29(15-16-29)27(32)33;/h3-14H,15-17H2,1-2H3,(H,30,34)(H,32,33);/q;+1/p-1. The van der Waals surface area contributed by atoms with Gasteiger partial charge in [0.2, 0.25) is 0 Å². The Balaban J connectivity index is 0.00000320. The predicted octanol–water partition coefficient (Wildman–Crippen LogP) is 2.63. The second-order valence-corrected chi connectivity index (χ2v) is 9.90. The largest absolute Gasteiger partial charge is 1.00 e. The monoisotopic (exact) mass is 520 g/mol. The van der Waals surface area contributed by atoms with E-state index < -0.39 is 17.5 Å². The minimum Gasteiger partial charge on any atom is -0.549 e. The molecule has 0 atom stereocenters. The Hall–Kier alpha value is -2.97. The number of carboxylic acid groups (broad SMARTS) is 1. The Morgan fingerprint density at radius 1 is 0.946 bits per heavy atom. The van der Waals surface area contributed by atoms with E-state index in [4.69, 9.17) is 4.74 Å². The fourth-order valence-electron chi connectivity index (χ4n) is 4.30. The number of ether oxygens (including phenoxy) is 1. The van der Waals surface area contributed by atoms with Crippen LogP contribution in [-0.2, 0) is 21.6 Å². The van der Waals surface area contributed by atoms with Gasteiger partial charge in [-0.2, -0.15) is 4.37 Å². The van der Waals surface area contributed by atoms with E-state index in [0.717, 1.165) is 44.0 Å². The van der Waals surface area contributed by atoms with E-state index in [1.165, 1.54) is 11.5 Å². The molecule has 1 saturated carbocycles. The molecule has 0 unspecified atom stereocenters. The Kier molecular flexibility index (Phi) is 8.19. The number of anilines is 1. The second kappa shape index (κ2) is 11.2. The van der Waals surface area contributed by atoms with Crippen LogP contribution in [0.15, 0.2) is 72.8 Å². The van der Waals surface area contributed by atoms with Gasteiger partial charge in [0.25, 0.3) is 0 Å². The first kappa shape index (κ1) is 27.1. The van der Waals surface area contributed by atoms with Gasteiger partial charge < -0.3 is 14.6 Å². The molecule has 6 nitrogen and oxygen atoms in total. The molecule has 182 valence electrons. The molecule has 4 aromatic rings. The number of hydrogen-bond acceptors (Lipinski definition) is 6. The summed E-state index contributed by atoms with van der Waals surface area (Å²) in [6.07, 6.45) is 0.741. The fraction of sp³-hybridized carbons (Fsp3) is 0.207. The van der Waals surface area contributed by atoms with E-state index in [1.54, 1.807) is 0 Å². The number of amides is 1. The number of aryl methyl sites for hydroxylation is 2. The summed E-state index contributed by atoms with van der Waals surface area (Å²) in [6.45, 7) is 4.03. The van der Waals surface area contributed by atoms with Crippen LogP contribution in [0, 0.1) is 13.8 Å². The van der Waals surface area contributed by atoms with Crippen molar-refractivity contribution < 1.29 is 49.0 Å². The number of nitrogens with one attached hydrogen (secondary N) is 1. The molecule has 0 aliphatic heterocycles. The van der Waals surface area contributed by atoms with Gasteiger partial charge in [-0.25, -0.2) is 4.79 Å². The van der Waals surface area contributed by atoms with E-state index >= 15 is 0 Å². The summed E-state index contributed by atoms with van der Waals surface area (Å²) >= 11 is 1.32. The van der Waals surface area contributed by atoms with Crippen LogP contribution < -0.4 is 40.0 Å². The molecule has 1 aromatic heterocycles. The number of carbonyl (C=O) groups excluding carboxylic acids is 2. The third kappa shape index (κ3) is 5.65. The van der Waals surface area contributed by atoms with Crippen LogP contribution in [0.2, 0.25) is 0 Å². The number of nitrogens with zero attached hydrogens (tertiary/aromatic N) is 1. The summed E-state index contributed by atoms with van der Waals surface area (Å²) in [7, 11) is 0. The minimum atomic E-state index is -0.997. The maximum absolute atomic E-state index is 12.5. The van der Waals surface area contributed by atoms with Crippen molar-refractivity contribution in [2.75, 3.05) is 5.32 Å². The van der Waals surface area contributed by atoms with Crippen molar-refractivity contribution in [3.63, 3.8) is 0 Å². The zero-order chi connectivity index (χ0) is 25.3. The molecule has 0 saturated heterocycles. The van der Waals surface area contributed by atoms with Crippen molar-refractivity contribution in [3.05, 3.63) is 95.2 Å². The van der Waals surface area contributed by atoms with Gasteiger partial charge in [-0.3, -0.25) is 5.32 Å². The van der Waals surface area contributed by atoms with E-state index in [9.17, 15) is 14.7 Å². The van der Waals surface area contributed by atoms with Crippen LogP contribution in [0.4, 0.5) is 10.5 Å². The maximum Gasteiger partial charge on any atom is 1.00 e. The first-order valence-electron chi connectivity index (χ1n) is 11.7. The van der Waals surface area contributed by atoms with Crippen molar-refractivity contribution in [1.29, 1.82) is 0 Å². The molecule has 1 aliphatic rings. The van der Waals surface area contributed by atoms with Crippen LogP contribution >= 0.6 is 11.5 Å². The molecule has 3 aromatic carbocycles. The summed E-state index contributed by atoms with van der Waals surface area (Å²) in [6, 6.07) is 23.4. The number of hydrogen-bond donors (Lipinski definition) is 1. The number of rotatable bonds is 7. The molecule has 8 heteroatoms. The van der Waals surface area contributed by atoms with Gasteiger partial charge in [0.15, 0.2) is 0 Å². The van der Waals surface area contributed by atoms with Crippen LogP contribution in [0.25, 0.3) is 21.6 Å². The molecule has 1 heterocycles. The van der Waals surface area contributed by atoms with E-state index in [0.29, 0.717) is 18.5 Å². The molecule has 1 amide bonds. The van der Waals surface area contributed by atoms with Gasteiger partial charge in [0.1, 0.15) is 6.61 Å². The van der Waals surface area contributed by atoms with Crippen LogP contribution in [0.3, 0.4) is 0 Å². The predicted molar refractivity (Wildman–Crippen MR) is 139 cm³/mol. The average Bonchev–Trinajstić information content (AvgIpc) is 3.63. The summed E-state index contributed by atoms with van der Waals surface area (Å²) in [5, 5.41) is 14.3. The number of carboxylic acids is 1.